The third-order valence-electron chi connectivity index (χ3n) is 6.08. The largest absolute Gasteiger partial charge is 0.335 e. The van der Waals surface area contributed by atoms with Crippen LogP contribution < -0.4 is 0 Å². The van der Waals surface area contributed by atoms with Crippen molar-refractivity contribution in [3.05, 3.63) is 51.7 Å². The van der Waals surface area contributed by atoms with Gasteiger partial charge in [-0.05, 0) is 60.9 Å². The molecule has 0 bridgehead atoms. The second-order valence-corrected chi connectivity index (χ2v) is 10.7. The number of amides is 1. The number of nitrogens with zero attached hydrogens (tertiary/aromatic N) is 2. The molecular weight excluding hydrogens is 430 g/mol. The molecule has 2 aliphatic heterocycles. The maximum absolute atomic E-state index is 14.0. The molecule has 0 spiro atoms. The van der Waals surface area contributed by atoms with Gasteiger partial charge in [0.15, 0.2) is 0 Å². The fourth-order valence-corrected chi connectivity index (χ4v) is 6.97. The highest BCUT2D eigenvalue weighted by Gasteiger charge is 2.38. The average molecular weight is 455 g/mol. The van der Waals surface area contributed by atoms with E-state index in [-0.39, 0.29) is 31.0 Å². The van der Waals surface area contributed by atoms with Crippen molar-refractivity contribution in [3.63, 3.8) is 0 Å². The fourth-order valence-electron chi connectivity index (χ4n) is 4.49. The lowest BCUT2D eigenvalue weighted by atomic mass is 9.92. The number of piperidine rings is 1. The van der Waals surface area contributed by atoms with Crippen LogP contribution in [0, 0.1) is 17.6 Å². The van der Waals surface area contributed by atoms with Crippen LogP contribution in [0.1, 0.15) is 42.7 Å². The van der Waals surface area contributed by atoms with Crippen molar-refractivity contribution in [2.45, 2.75) is 43.5 Å². The topological polar surface area (TPSA) is 57.7 Å². The molecule has 9 heteroatoms. The molecule has 2 aliphatic rings. The van der Waals surface area contributed by atoms with Crippen LogP contribution in [0.25, 0.3) is 0 Å². The summed E-state index contributed by atoms with van der Waals surface area (Å²) < 4.78 is 54.2. The van der Waals surface area contributed by atoms with Crippen molar-refractivity contribution in [1.29, 1.82) is 0 Å². The van der Waals surface area contributed by atoms with Crippen molar-refractivity contribution < 1.29 is 22.0 Å². The van der Waals surface area contributed by atoms with Crippen LogP contribution >= 0.6 is 11.3 Å². The van der Waals surface area contributed by atoms with Crippen molar-refractivity contribution in [2.75, 3.05) is 19.6 Å². The Labute approximate surface area is 179 Å². The zero-order valence-corrected chi connectivity index (χ0v) is 18.3. The quantitative estimate of drug-likeness (QED) is 0.703. The first-order valence-electron chi connectivity index (χ1n) is 10.1. The first-order valence-corrected chi connectivity index (χ1v) is 12.5. The van der Waals surface area contributed by atoms with E-state index in [0.717, 1.165) is 29.3 Å². The maximum atomic E-state index is 14.0. The molecule has 1 aromatic heterocycles. The molecule has 0 N–H and O–H groups in total. The van der Waals surface area contributed by atoms with Crippen LogP contribution in [-0.4, -0.2) is 43.2 Å². The molecule has 162 valence electrons. The Morgan fingerprint density at radius 3 is 2.60 bits per heavy atom. The number of hydrogen-bond donors (Lipinski definition) is 0. The summed E-state index contributed by atoms with van der Waals surface area (Å²) in [6.07, 6.45) is 2.43. The van der Waals surface area contributed by atoms with E-state index in [0.29, 0.717) is 25.5 Å². The van der Waals surface area contributed by atoms with Gasteiger partial charge < -0.3 is 4.90 Å². The van der Waals surface area contributed by atoms with Gasteiger partial charge in [-0.25, -0.2) is 17.2 Å². The first kappa shape index (κ1) is 21.4. The van der Waals surface area contributed by atoms with Crippen LogP contribution in [-0.2, 0) is 21.2 Å². The fraction of sp³-hybridized carbons (Fsp3) is 0.476. The molecule has 4 rings (SSSR count). The smallest absolute Gasteiger partial charge is 0.246 e. The molecule has 5 nitrogen and oxygen atoms in total. The number of carbonyl (C=O) groups is 1. The summed E-state index contributed by atoms with van der Waals surface area (Å²) in [6.45, 7) is 2.98. The minimum absolute atomic E-state index is 0.0627. The van der Waals surface area contributed by atoms with Gasteiger partial charge in [0, 0.05) is 30.4 Å². The molecule has 1 fully saturated rings. The molecule has 1 amide bonds. The first-order chi connectivity index (χ1) is 14.3. The number of fused-ring (bicyclic) bond motifs is 1. The maximum Gasteiger partial charge on any atom is 0.246 e. The Morgan fingerprint density at radius 2 is 1.90 bits per heavy atom. The molecule has 1 atom stereocenters. The minimum atomic E-state index is -4.14. The Hall–Kier alpha value is -1.84. The summed E-state index contributed by atoms with van der Waals surface area (Å²) in [7, 11) is -4.14. The number of rotatable bonds is 4. The van der Waals surface area contributed by atoms with E-state index in [1.807, 2.05) is 4.90 Å². The number of hydrogen-bond acceptors (Lipinski definition) is 4. The van der Waals surface area contributed by atoms with Gasteiger partial charge in [0.05, 0.1) is 6.04 Å². The van der Waals surface area contributed by atoms with Gasteiger partial charge in [-0.2, -0.15) is 4.31 Å². The number of thiophene rings is 1. The number of benzene rings is 1. The van der Waals surface area contributed by atoms with Crippen LogP contribution in [0.2, 0.25) is 0 Å². The van der Waals surface area contributed by atoms with Crippen LogP contribution in [0.5, 0.6) is 0 Å². The molecule has 0 saturated carbocycles. The van der Waals surface area contributed by atoms with E-state index in [9.17, 15) is 22.0 Å². The standard InChI is InChI=1S/C21H24F2N2O3S2/c1-2-18-16-8-12-29-19(16)7-11-25(18)21(26)14-5-9-24(10-6-14)30(27,28)20-13-15(22)3-4-17(20)23/h3-4,8,12-14,18H,2,5-7,9-11H2,1H3/t18-/m1/s1. The van der Waals surface area contributed by atoms with Gasteiger partial charge in [0.2, 0.25) is 15.9 Å². The Bertz CT molecular complexity index is 1050. The third kappa shape index (κ3) is 3.78. The lowest BCUT2D eigenvalue weighted by Gasteiger charge is -2.39. The zero-order valence-electron chi connectivity index (χ0n) is 16.7. The average Bonchev–Trinajstić information content (AvgIpc) is 3.23. The van der Waals surface area contributed by atoms with Crippen LogP contribution in [0.15, 0.2) is 34.5 Å². The van der Waals surface area contributed by atoms with Gasteiger partial charge >= 0.3 is 0 Å². The van der Waals surface area contributed by atoms with E-state index in [4.69, 9.17) is 0 Å². The molecule has 0 radical (unpaired) electrons. The summed E-state index contributed by atoms with van der Waals surface area (Å²) in [4.78, 5) is 15.9. The summed E-state index contributed by atoms with van der Waals surface area (Å²) in [5.74, 6) is -1.97. The van der Waals surface area contributed by atoms with Gasteiger partial charge in [0.1, 0.15) is 16.5 Å². The zero-order chi connectivity index (χ0) is 21.5. The molecule has 1 aromatic carbocycles. The van der Waals surface area contributed by atoms with E-state index >= 15 is 0 Å². The number of carbonyl (C=O) groups excluding carboxylic acids is 1. The van der Waals surface area contributed by atoms with Crippen LogP contribution in [0.4, 0.5) is 8.78 Å². The third-order valence-corrected chi connectivity index (χ3v) is 8.99. The molecule has 1 saturated heterocycles. The summed E-state index contributed by atoms with van der Waals surface area (Å²) in [5.41, 5.74) is 1.23. The molecule has 2 aromatic rings. The summed E-state index contributed by atoms with van der Waals surface area (Å²) in [5, 5.41) is 2.07. The number of sulfonamides is 1. The lowest BCUT2D eigenvalue weighted by molar-refractivity contribution is -0.139. The van der Waals surface area contributed by atoms with Gasteiger partial charge in [0.25, 0.3) is 0 Å². The SMILES string of the molecule is CC[C@@H]1c2ccsc2CCN1C(=O)C1CCN(S(=O)(=O)c2cc(F)ccc2F)CC1. The van der Waals surface area contributed by atoms with E-state index in [1.165, 1.54) is 10.4 Å². The second-order valence-electron chi connectivity index (χ2n) is 7.76. The summed E-state index contributed by atoms with van der Waals surface area (Å²) >= 11 is 1.73. The highest BCUT2D eigenvalue weighted by atomic mass is 32.2. The van der Waals surface area contributed by atoms with E-state index in [1.54, 1.807) is 11.3 Å². The molecule has 30 heavy (non-hydrogen) atoms. The molecule has 0 aliphatic carbocycles. The monoisotopic (exact) mass is 454 g/mol. The van der Waals surface area contributed by atoms with Crippen molar-refractivity contribution in [2.24, 2.45) is 5.92 Å². The minimum Gasteiger partial charge on any atom is -0.335 e. The molecule has 3 heterocycles. The van der Waals surface area contributed by atoms with Crippen LogP contribution in [0.3, 0.4) is 0 Å². The van der Waals surface area contributed by atoms with E-state index in [2.05, 4.69) is 18.4 Å². The Morgan fingerprint density at radius 1 is 1.17 bits per heavy atom. The lowest BCUT2D eigenvalue weighted by Crippen LogP contribution is -2.47. The highest BCUT2D eigenvalue weighted by Crippen LogP contribution is 2.37. The van der Waals surface area contributed by atoms with Crippen molar-refractivity contribution in [1.82, 2.24) is 9.21 Å². The highest BCUT2D eigenvalue weighted by molar-refractivity contribution is 7.89. The van der Waals surface area contributed by atoms with Gasteiger partial charge in [-0.1, -0.05) is 6.92 Å². The van der Waals surface area contributed by atoms with Crippen molar-refractivity contribution >= 4 is 27.3 Å². The van der Waals surface area contributed by atoms with E-state index < -0.39 is 26.6 Å². The summed E-state index contributed by atoms with van der Waals surface area (Å²) in [6, 6.07) is 4.57. The van der Waals surface area contributed by atoms with Gasteiger partial charge in [-0.15, -0.1) is 11.3 Å². The normalized spacial score (nSPS) is 20.9. The molecule has 0 unspecified atom stereocenters. The Kier molecular flexibility index (Phi) is 5.96. The predicted octanol–water partition coefficient (Wildman–Crippen LogP) is 3.96. The number of halogens is 2. The predicted molar refractivity (Wildman–Crippen MR) is 111 cm³/mol. The Balaban J connectivity index is 1.46. The molecular formula is C21H24F2N2O3S2. The van der Waals surface area contributed by atoms with Gasteiger partial charge in [-0.3, -0.25) is 4.79 Å². The second kappa shape index (κ2) is 8.36. The van der Waals surface area contributed by atoms with Crippen molar-refractivity contribution in [3.8, 4) is 0 Å².